The van der Waals surface area contributed by atoms with Gasteiger partial charge in [-0.25, -0.2) is 4.79 Å². The Kier molecular flexibility index (Phi) is 7.04. The maximum Gasteiger partial charge on any atom is 0.328 e. The highest BCUT2D eigenvalue weighted by molar-refractivity contribution is 5.88. The SMILES string of the molecule is COC(=O)[C@H](Cc1ccccc1)NC(=O)[C@@H](N)CCC(N)=O. The number of carbonyl (C=O) groups excluding carboxylic acids is 3. The molecule has 120 valence electrons. The van der Waals surface area contributed by atoms with Crippen molar-refractivity contribution in [3.63, 3.8) is 0 Å². The minimum absolute atomic E-state index is 0.0101. The van der Waals surface area contributed by atoms with Gasteiger partial charge in [-0.05, 0) is 12.0 Å². The Bertz CT molecular complexity index is 519. The summed E-state index contributed by atoms with van der Waals surface area (Å²) in [6.07, 6.45) is 0.429. The van der Waals surface area contributed by atoms with Crippen LogP contribution in [0.15, 0.2) is 30.3 Å². The van der Waals surface area contributed by atoms with Gasteiger partial charge in [0.15, 0.2) is 0 Å². The van der Waals surface area contributed by atoms with Crippen molar-refractivity contribution in [3.05, 3.63) is 35.9 Å². The molecular formula is C15H21N3O4. The summed E-state index contributed by atoms with van der Waals surface area (Å²) in [6, 6.07) is 7.47. The van der Waals surface area contributed by atoms with E-state index in [2.05, 4.69) is 5.32 Å². The van der Waals surface area contributed by atoms with E-state index in [-0.39, 0.29) is 12.8 Å². The normalized spacial score (nSPS) is 13.0. The lowest BCUT2D eigenvalue weighted by Gasteiger charge is -2.19. The Labute approximate surface area is 129 Å². The molecule has 1 aromatic carbocycles. The van der Waals surface area contributed by atoms with Gasteiger partial charge in [0, 0.05) is 12.8 Å². The number of benzene rings is 1. The van der Waals surface area contributed by atoms with Gasteiger partial charge in [-0.2, -0.15) is 0 Å². The Balaban J connectivity index is 2.66. The summed E-state index contributed by atoms with van der Waals surface area (Å²) in [6.45, 7) is 0. The second-order valence-electron chi connectivity index (χ2n) is 4.89. The third-order valence-corrected chi connectivity index (χ3v) is 3.12. The van der Waals surface area contributed by atoms with Crippen molar-refractivity contribution in [3.8, 4) is 0 Å². The summed E-state index contributed by atoms with van der Waals surface area (Å²) >= 11 is 0. The number of amides is 2. The first-order chi connectivity index (χ1) is 10.4. The zero-order chi connectivity index (χ0) is 16.5. The molecule has 0 saturated carbocycles. The molecule has 0 aliphatic rings. The summed E-state index contributed by atoms with van der Waals surface area (Å²) in [7, 11) is 1.25. The van der Waals surface area contributed by atoms with Crippen molar-refractivity contribution in [2.24, 2.45) is 11.5 Å². The van der Waals surface area contributed by atoms with Crippen LogP contribution in [0.4, 0.5) is 0 Å². The number of esters is 1. The van der Waals surface area contributed by atoms with E-state index in [9.17, 15) is 14.4 Å². The zero-order valence-corrected chi connectivity index (χ0v) is 12.5. The summed E-state index contributed by atoms with van der Waals surface area (Å²) in [4.78, 5) is 34.5. The molecule has 1 aromatic rings. The molecule has 0 radical (unpaired) electrons. The molecule has 7 nitrogen and oxygen atoms in total. The van der Waals surface area contributed by atoms with E-state index >= 15 is 0 Å². The number of primary amides is 1. The number of nitrogens with two attached hydrogens (primary N) is 2. The zero-order valence-electron chi connectivity index (χ0n) is 12.5. The molecule has 2 atom stereocenters. The smallest absolute Gasteiger partial charge is 0.328 e. The van der Waals surface area contributed by atoms with Crippen molar-refractivity contribution in [2.45, 2.75) is 31.3 Å². The molecule has 1 rings (SSSR count). The predicted octanol–water partition coefficient (Wildman–Crippen LogP) is -0.520. The summed E-state index contributed by atoms with van der Waals surface area (Å²) < 4.78 is 4.69. The molecule has 0 aliphatic heterocycles. The number of nitrogens with one attached hydrogen (secondary N) is 1. The van der Waals surface area contributed by atoms with Crippen LogP contribution in [0.3, 0.4) is 0 Å². The molecular weight excluding hydrogens is 286 g/mol. The molecule has 0 saturated heterocycles. The van der Waals surface area contributed by atoms with Gasteiger partial charge in [-0.3, -0.25) is 9.59 Å². The number of hydrogen-bond acceptors (Lipinski definition) is 5. The molecule has 0 aromatic heterocycles. The van der Waals surface area contributed by atoms with Gasteiger partial charge in [-0.1, -0.05) is 30.3 Å². The second-order valence-corrected chi connectivity index (χ2v) is 4.89. The molecule has 5 N–H and O–H groups in total. The lowest BCUT2D eigenvalue weighted by atomic mass is 10.0. The van der Waals surface area contributed by atoms with Crippen molar-refractivity contribution in [1.29, 1.82) is 0 Å². The van der Waals surface area contributed by atoms with E-state index in [1.165, 1.54) is 7.11 Å². The number of carbonyl (C=O) groups is 3. The third kappa shape index (κ3) is 5.92. The number of methoxy groups -OCH3 is 1. The van der Waals surface area contributed by atoms with Gasteiger partial charge < -0.3 is 21.5 Å². The van der Waals surface area contributed by atoms with Gasteiger partial charge in [0.2, 0.25) is 11.8 Å². The van der Waals surface area contributed by atoms with Crippen LogP contribution in [0.25, 0.3) is 0 Å². The quantitative estimate of drug-likeness (QED) is 0.557. The fraction of sp³-hybridized carbons (Fsp3) is 0.400. The first kappa shape index (κ1) is 17.6. The molecule has 2 amide bonds. The molecule has 0 aliphatic carbocycles. The highest BCUT2D eigenvalue weighted by Crippen LogP contribution is 2.05. The Hall–Kier alpha value is -2.41. The summed E-state index contributed by atoms with van der Waals surface area (Å²) in [5.74, 6) is -1.61. The molecule has 22 heavy (non-hydrogen) atoms. The van der Waals surface area contributed by atoms with E-state index in [1.54, 1.807) is 0 Å². The fourth-order valence-corrected chi connectivity index (χ4v) is 1.89. The number of rotatable bonds is 8. The molecule has 0 unspecified atom stereocenters. The third-order valence-electron chi connectivity index (χ3n) is 3.12. The lowest BCUT2D eigenvalue weighted by Crippen LogP contribution is -2.49. The van der Waals surface area contributed by atoms with Crippen LogP contribution in [0, 0.1) is 0 Å². The standard InChI is InChI=1S/C15H21N3O4/c1-22-15(21)12(9-10-5-3-2-4-6-10)18-14(20)11(16)7-8-13(17)19/h2-6,11-12H,7-9,16H2,1H3,(H2,17,19)(H,18,20)/t11-,12-/m0/s1. The fourth-order valence-electron chi connectivity index (χ4n) is 1.89. The minimum Gasteiger partial charge on any atom is -0.467 e. The van der Waals surface area contributed by atoms with Crippen LogP contribution < -0.4 is 16.8 Å². The highest BCUT2D eigenvalue weighted by atomic mass is 16.5. The van der Waals surface area contributed by atoms with Crippen LogP contribution in [-0.2, 0) is 25.5 Å². The number of ether oxygens (including phenoxy) is 1. The van der Waals surface area contributed by atoms with E-state index in [0.29, 0.717) is 6.42 Å². The van der Waals surface area contributed by atoms with Crippen LogP contribution in [0.1, 0.15) is 18.4 Å². The molecule has 0 bridgehead atoms. The van der Waals surface area contributed by atoms with Crippen LogP contribution in [0.2, 0.25) is 0 Å². The van der Waals surface area contributed by atoms with E-state index in [1.807, 2.05) is 30.3 Å². The van der Waals surface area contributed by atoms with Crippen LogP contribution in [0.5, 0.6) is 0 Å². The Morgan fingerprint density at radius 2 is 1.86 bits per heavy atom. The molecule has 0 heterocycles. The summed E-state index contributed by atoms with van der Waals surface area (Å²) in [5, 5.41) is 2.55. The van der Waals surface area contributed by atoms with Crippen LogP contribution in [-0.4, -0.2) is 37.0 Å². The monoisotopic (exact) mass is 307 g/mol. The Morgan fingerprint density at radius 1 is 1.23 bits per heavy atom. The Morgan fingerprint density at radius 3 is 2.41 bits per heavy atom. The lowest BCUT2D eigenvalue weighted by molar-refractivity contribution is -0.145. The van der Waals surface area contributed by atoms with Gasteiger partial charge >= 0.3 is 5.97 Å². The number of hydrogen-bond donors (Lipinski definition) is 3. The minimum atomic E-state index is -0.907. The second kappa shape index (κ2) is 8.78. The average Bonchev–Trinajstić information content (AvgIpc) is 2.51. The first-order valence-electron chi connectivity index (χ1n) is 6.90. The molecule has 0 fully saturated rings. The largest absolute Gasteiger partial charge is 0.467 e. The topological polar surface area (TPSA) is 125 Å². The van der Waals surface area contributed by atoms with Crippen molar-refractivity contribution < 1.29 is 19.1 Å². The van der Waals surface area contributed by atoms with Gasteiger partial charge in [-0.15, -0.1) is 0 Å². The maximum absolute atomic E-state index is 12.0. The van der Waals surface area contributed by atoms with Crippen molar-refractivity contribution in [2.75, 3.05) is 7.11 Å². The molecule has 7 heteroatoms. The molecule has 0 spiro atoms. The average molecular weight is 307 g/mol. The van der Waals surface area contributed by atoms with Crippen LogP contribution >= 0.6 is 0 Å². The first-order valence-corrected chi connectivity index (χ1v) is 6.90. The van der Waals surface area contributed by atoms with Crippen molar-refractivity contribution in [1.82, 2.24) is 5.32 Å². The highest BCUT2D eigenvalue weighted by Gasteiger charge is 2.24. The van der Waals surface area contributed by atoms with E-state index in [0.717, 1.165) is 5.56 Å². The maximum atomic E-state index is 12.0. The van der Waals surface area contributed by atoms with Gasteiger partial charge in [0.1, 0.15) is 6.04 Å². The van der Waals surface area contributed by atoms with Crippen molar-refractivity contribution >= 4 is 17.8 Å². The predicted molar refractivity (Wildman–Crippen MR) is 80.5 cm³/mol. The van der Waals surface area contributed by atoms with E-state index in [4.69, 9.17) is 16.2 Å². The van der Waals surface area contributed by atoms with Gasteiger partial charge in [0.05, 0.1) is 13.2 Å². The van der Waals surface area contributed by atoms with E-state index < -0.39 is 29.9 Å². The van der Waals surface area contributed by atoms with Gasteiger partial charge in [0.25, 0.3) is 0 Å². The summed E-state index contributed by atoms with van der Waals surface area (Å²) in [5.41, 5.74) is 11.6.